The van der Waals surface area contributed by atoms with E-state index in [2.05, 4.69) is 19.2 Å². The van der Waals surface area contributed by atoms with Gasteiger partial charge in [-0.25, -0.2) is 4.79 Å². The molecule has 0 spiro atoms. The van der Waals surface area contributed by atoms with Gasteiger partial charge in [0.25, 0.3) is 11.5 Å². The molecule has 3 rings (SSSR count). The van der Waals surface area contributed by atoms with Crippen LogP contribution in [0.2, 0.25) is 0 Å². The van der Waals surface area contributed by atoms with Crippen molar-refractivity contribution in [2.45, 2.75) is 39.2 Å². The SMILES string of the molecule is CCOC(=O)C1(O)C(=O)Nc2ccc(C(C)C)cc3c(C)cc1c2-3. The lowest BCUT2D eigenvalue weighted by Crippen LogP contribution is -2.50. The Hall–Kier alpha value is -2.40. The molecule has 2 aliphatic carbocycles. The van der Waals surface area contributed by atoms with E-state index in [0.29, 0.717) is 17.2 Å². The molecule has 1 amide bonds. The van der Waals surface area contributed by atoms with E-state index in [0.717, 1.165) is 16.7 Å². The lowest BCUT2D eigenvalue weighted by molar-refractivity contribution is -0.170. The van der Waals surface area contributed by atoms with E-state index >= 15 is 0 Å². The van der Waals surface area contributed by atoms with Crippen LogP contribution in [0, 0.1) is 6.92 Å². The molecule has 1 heterocycles. The predicted molar refractivity (Wildman–Crippen MR) is 91.0 cm³/mol. The van der Waals surface area contributed by atoms with Crippen LogP contribution in [0.3, 0.4) is 0 Å². The minimum Gasteiger partial charge on any atom is -0.463 e. The minimum atomic E-state index is -2.32. The zero-order chi connectivity index (χ0) is 17.6. The fourth-order valence-corrected chi connectivity index (χ4v) is 3.18. The van der Waals surface area contributed by atoms with E-state index in [1.807, 2.05) is 25.1 Å². The van der Waals surface area contributed by atoms with Gasteiger partial charge in [-0.2, -0.15) is 0 Å². The summed E-state index contributed by atoms with van der Waals surface area (Å²) in [5.41, 5.74) is 2.19. The van der Waals surface area contributed by atoms with E-state index in [1.54, 1.807) is 13.0 Å². The molecular weight excluding hydrogens is 306 g/mol. The van der Waals surface area contributed by atoms with Gasteiger partial charge in [0.1, 0.15) is 0 Å². The second kappa shape index (κ2) is 5.60. The third-order valence-corrected chi connectivity index (χ3v) is 4.55. The normalized spacial score (nSPS) is 19.5. The number of amides is 1. The molecule has 0 radical (unpaired) electrons. The number of carbonyl (C=O) groups is 2. The van der Waals surface area contributed by atoms with Crippen molar-refractivity contribution in [3.8, 4) is 11.1 Å². The molecule has 0 saturated carbocycles. The van der Waals surface area contributed by atoms with Crippen LogP contribution in [0.5, 0.6) is 0 Å². The molecule has 0 saturated heterocycles. The van der Waals surface area contributed by atoms with Gasteiger partial charge in [-0.3, -0.25) is 4.79 Å². The lowest BCUT2D eigenvalue weighted by atomic mass is 9.87. The van der Waals surface area contributed by atoms with Crippen LogP contribution >= 0.6 is 0 Å². The van der Waals surface area contributed by atoms with Crippen LogP contribution < -0.4 is 5.32 Å². The summed E-state index contributed by atoms with van der Waals surface area (Å²) in [7, 11) is 0. The highest BCUT2D eigenvalue weighted by Gasteiger charge is 2.52. The molecule has 5 nitrogen and oxygen atoms in total. The maximum absolute atomic E-state index is 12.5. The van der Waals surface area contributed by atoms with Gasteiger partial charge in [-0.05, 0) is 42.5 Å². The van der Waals surface area contributed by atoms with Crippen LogP contribution in [0.4, 0.5) is 5.69 Å². The Bertz CT molecular complexity index is 811. The van der Waals surface area contributed by atoms with Gasteiger partial charge < -0.3 is 15.2 Å². The molecule has 5 heteroatoms. The maximum Gasteiger partial charge on any atom is 0.353 e. The van der Waals surface area contributed by atoms with Crippen LogP contribution in [-0.4, -0.2) is 23.6 Å². The third-order valence-electron chi connectivity index (χ3n) is 4.55. The van der Waals surface area contributed by atoms with Crippen molar-refractivity contribution in [2.24, 2.45) is 0 Å². The molecule has 2 N–H and O–H groups in total. The van der Waals surface area contributed by atoms with Gasteiger partial charge in [0, 0.05) is 16.8 Å². The minimum absolute atomic E-state index is 0.0875. The zero-order valence-corrected chi connectivity index (χ0v) is 14.3. The Morgan fingerprint density at radius 2 is 2.04 bits per heavy atom. The number of esters is 1. The van der Waals surface area contributed by atoms with Gasteiger partial charge in [-0.1, -0.05) is 32.0 Å². The van der Waals surface area contributed by atoms with Crippen molar-refractivity contribution in [2.75, 3.05) is 11.9 Å². The molecule has 0 aromatic rings. The van der Waals surface area contributed by atoms with Crippen molar-refractivity contribution in [1.82, 2.24) is 0 Å². The monoisotopic (exact) mass is 327 g/mol. The Kier molecular flexibility index (Phi) is 3.84. The lowest BCUT2D eigenvalue weighted by Gasteiger charge is -2.30. The molecule has 1 unspecified atom stereocenters. The first kappa shape index (κ1) is 16.5. The number of hydrogen-bond donors (Lipinski definition) is 2. The second-order valence-corrected chi connectivity index (χ2v) is 6.46. The van der Waals surface area contributed by atoms with E-state index in [9.17, 15) is 14.7 Å². The van der Waals surface area contributed by atoms with Gasteiger partial charge in [0.2, 0.25) is 0 Å². The summed E-state index contributed by atoms with van der Waals surface area (Å²) in [6.07, 6.45) is 0. The largest absolute Gasteiger partial charge is 0.463 e. The number of rotatable bonds is 3. The van der Waals surface area contributed by atoms with E-state index in [-0.39, 0.29) is 12.2 Å². The van der Waals surface area contributed by atoms with E-state index < -0.39 is 17.5 Å². The standard InChI is InChI=1S/C19H21NO4/c1-5-24-18(22)19(23)14-8-11(4)13-9-12(10(2)3)6-7-15(16(13)14)20-17(19)21/h6-10,23H,5H2,1-4H3,(H,20,21). The molecule has 0 aromatic carbocycles. The van der Waals surface area contributed by atoms with Gasteiger partial charge in [0.05, 0.1) is 6.61 Å². The topological polar surface area (TPSA) is 75.6 Å². The van der Waals surface area contributed by atoms with Crippen LogP contribution in [0.25, 0.3) is 11.1 Å². The molecule has 0 bridgehead atoms. The molecule has 126 valence electrons. The highest BCUT2D eigenvalue weighted by Crippen LogP contribution is 2.47. The summed E-state index contributed by atoms with van der Waals surface area (Å²) in [5.74, 6) is -1.42. The summed E-state index contributed by atoms with van der Waals surface area (Å²) in [6.45, 7) is 7.81. The van der Waals surface area contributed by atoms with Crippen LogP contribution in [0.1, 0.15) is 43.4 Å². The summed E-state index contributed by atoms with van der Waals surface area (Å²) in [4.78, 5) is 24.8. The van der Waals surface area contributed by atoms with Crippen molar-refractivity contribution >= 4 is 17.6 Å². The third kappa shape index (κ3) is 2.19. The highest BCUT2D eigenvalue weighted by atomic mass is 16.5. The summed E-state index contributed by atoms with van der Waals surface area (Å²) >= 11 is 0. The average molecular weight is 327 g/mol. The number of hydrogen-bond acceptors (Lipinski definition) is 4. The number of ether oxygens (including phenoxy) is 1. The van der Waals surface area contributed by atoms with Crippen LogP contribution in [-0.2, 0) is 19.9 Å². The van der Waals surface area contributed by atoms with Crippen LogP contribution in [0.15, 0.2) is 24.3 Å². The molecule has 24 heavy (non-hydrogen) atoms. The second-order valence-electron chi connectivity index (χ2n) is 6.46. The fraction of sp³-hybridized carbons (Fsp3) is 0.368. The molecule has 0 aromatic heterocycles. The summed E-state index contributed by atoms with van der Waals surface area (Å²) in [6, 6.07) is 7.53. The number of anilines is 1. The van der Waals surface area contributed by atoms with E-state index in [4.69, 9.17) is 4.74 Å². The van der Waals surface area contributed by atoms with Crippen molar-refractivity contribution in [1.29, 1.82) is 0 Å². The zero-order valence-electron chi connectivity index (χ0n) is 14.3. The number of aliphatic hydroxyl groups is 1. The van der Waals surface area contributed by atoms with Gasteiger partial charge in [0.15, 0.2) is 0 Å². The number of aryl methyl sites for hydroxylation is 1. The predicted octanol–water partition coefficient (Wildman–Crippen LogP) is 2.93. The van der Waals surface area contributed by atoms with Gasteiger partial charge >= 0.3 is 5.97 Å². The Morgan fingerprint density at radius 1 is 1.33 bits per heavy atom. The first-order valence-electron chi connectivity index (χ1n) is 8.09. The maximum atomic E-state index is 12.5. The van der Waals surface area contributed by atoms with Crippen molar-refractivity contribution in [3.63, 3.8) is 0 Å². The summed E-state index contributed by atoms with van der Waals surface area (Å²) in [5, 5.41) is 13.6. The number of carbonyl (C=O) groups excluding carboxylic acids is 2. The molecule has 1 aliphatic heterocycles. The summed E-state index contributed by atoms with van der Waals surface area (Å²) < 4.78 is 4.95. The Labute approximate surface area is 141 Å². The highest BCUT2D eigenvalue weighted by molar-refractivity contribution is 6.18. The first-order chi connectivity index (χ1) is 11.3. The average Bonchev–Trinajstić information content (AvgIpc) is 2.73. The van der Waals surface area contributed by atoms with Gasteiger partial charge in [-0.15, -0.1) is 0 Å². The van der Waals surface area contributed by atoms with E-state index in [1.165, 1.54) is 0 Å². The molecule has 0 fully saturated rings. The quantitative estimate of drug-likeness (QED) is 0.671. The Balaban J connectivity index is 2.29. The molecule has 3 aliphatic rings. The Morgan fingerprint density at radius 3 is 2.67 bits per heavy atom. The first-order valence-corrected chi connectivity index (χ1v) is 8.09. The number of nitrogens with one attached hydrogen (secondary N) is 1. The molecule has 1 atom stereocenters. The molecular formula is C19H21NO4. The fourth-order valence-electron chi connectivity index (χ4n) is 3.18. The van der Waals surface area contributed by atoms with Crippen molar-refractivity contribution < 1.29 is 19.4 Å². The van der Waals surface area contributed by atoms with Crippen molar-refractivity contribution in [3.05, 3.63) is 41.0 Å². The smallest absolute Gasteiger partial charge is 0.353 e.